The predicted octanol–water partition coefficient (Wildman–Crippen LogP) is 4.29. The van der Waals surface area contributed by atoms with Crippen molar-refractivity contribution in [3.63, 3.8) is 0 Å². The van der Waals surface area contributed by atoms with E-state index in [2.05, 4.69) is 15.9 Å². The Bertz CT molecular complexity index is 575. The molecule has 2 nitrogen and oxygen atoms in total. The number of hydrogen-bond donors (Lipinski definition) is 1. The molecule has 0 aliphatic heterocycles. The van der Waals surface area contributed by atoms with Gasteiger partial charge in [0.05, 0.1) is 4.88 Å². The summed E-state index contributed by atoms with van der Waals surface area (Å²) in [6.45, 7) is 1.95. The van der Waals surface area contributed by atoms with Crippen LogP contribution in [-0.2, 0) is 0 Å². The van der Waals surface area contributed by atoms with E-state index in [0.717, 1.165) is 9.35 Å². The van der Waals surface area contributed by atoms with Crippen molar-refractivity contribution in [2.75, 3.05) is 5.73 Å². The van der Waals surface area contributed by atoms with Crippen LogP contribution in [0.3, 0.4) is 0 Å². The molecule has 0 aliphatic rings. The third-order valence-electron chi connectivity index (χ3n) is 2.34. The van der Waals surface area contributed by atoms with Crippen molar-refractivity contribution in [1.82, 2.24) is 0 Å². The second-order valence-corrected chi connectivity index (χ2v) is 6.12. The van der Waals surface area contributed by atoms with E-state index in [4.69, 9.17) is 17.3 Å². The van der Waals surface area contributed by atoms with Crippen molar-refractivity contribution in [3.8, 4) is 0 Å². The Morgan fingerprint density at radius 1 is 1.41 bits per heavy atom. The van der Waals surface area contributed by atoms with E-state index in [1.165, 1.54) is 11.3 Å². The van der Waals surface area contributed by atoms with Crippen LogP contribution in [0.4, 0.5) is 5.69 Å². The van der Waals surface area contributed by atoms with E-state index in [-0.39, 0.29) is 5.78 Å². The van der Waals surface area contributed by atoms with E-state index >= 15 is 0 Å². The number of nitrogens with two attached hydrogens (primary N) is 1. The smallest absolute Gasteiger partial charge is 0.205 e. The average Bonchev–Trinajstić information content (AvgIpc) is 2.62. The van der Waals surface area contributed by atoms with Gasteiger partial charge in [-0.3, -0.25) is 4.79 Å². The summed E-state index contributed by atoms with van der Waals surface area (Å²) in [5.41, 5.74) is 6.68. The van der Waals surface area contributed by atoms with Crippen LogP contribution >= 0.6 is 38.9 Å². The van der Waals surface area contributed by atoms with Crippen LogP contribution < -0.4 is 5.73 Å². The molecule has 0 unspecified atom stereocenters. The monoisotopic (exact) mass is 329 g/mol. The van der Waals surface area contributed by atoms with Gasteiger partial charge in [-0.05, 0) is 47.1 Å². The fourth-order valence-corrected chi connectivity index (χ4v) is 3.09. The van der Waals surface area contributed by atoms with E-state index < -0.39 is 0 Å². The van der Waals surface area contributed by atoms with Gasteiger partial charge in [-0.15, -0.1) is 11.3 Å². The first-order valence-electron chi connectivity index (χ1n) is 4.84. The minimum atomic E-state index is -0.0937. The maximum Gasteiger partial charge on any atom is 0.205 e. The molecule has 2 N–H and O–H groups in total. The van der Waals surface area contributed by atoms with Crippen molar-refractivity contribution < 1.29 is 4.79 Å². The SMILES string of the molecule is Cc1sc(C(=O)c2cc(Cl)ccc2N)cc1Br. The molecule has 0 saturated heterocycles. The Labute approximate surface area is 117 Å². The molecule has 0 spiro atoms. The molecule has 0 fully saturated rings. The van der Waals surface area contributed by atoms with Gasteiger partial charge in [-0.25, -0.2) is 0 Å². The van der Waals surface area contributed by atoms with Gasteiger partial charge in [0.25, 0.3) is 0 Å². The maximum absolute atomic E-state index is 12.2. The lowest BCUT2D eigenvalue weighted by molar-refractivity contribution is 0.104. The Kier molecular flexibility index (Phi) is 3.56. The molecule has 2 aromatic rings. The second-order valence-electron chi connectivity index (χ2n) is 3.58. The lowest BCUT2D eigenvalue weighted by atomic mass is 10.1. The quantitative estimate of drug-likeness (QED) is 0.659. The van der Waals surface area contributed by atoms with E-state index in [1.807, 2.05) is 13.0 Å². The molecule has 5 heteroatoms. The molecule has 88 valence electrons. The molecule has 1 heterocycles. The number of nitrogen functional groups attached to an aromatic ring is 1. The normalized spacial score (nSPS) is 10.5. The average molecular weight is 331 g/mol. The van der Waals surface area contributed by atoms with Gasteiger partial charge in [0.2, 0.25) is 5.78 Å². The number of thiophene rings is 1. The van der Waals surface area contributed by atoms with E-state index in [1.54, 1.807) is 18.2 Å². The van der Waals surface area contributed by atoms with Crippen molar-refractivity contribution in [3.05, 3.63) is 49.1 Å². The molecule has 0 amide bonds. The second kappa shape index (κ2) is 4.80. The fourth-order valence-electron chi connectivity index (χ4n) is 1.43. The van der Waals surface area contributed by atoms with Crippen LogP contribution in [0.1, 0.15) is 20.1 Å². The number of carbonyl (C=O) groups excluding carboxylic acids is 1. The first kappa shape index (κ1) is 12.6. The van der Waals surface area contributed by atoms with Crippen molar-refractivity contribution >= 4 is 50.3 Å². The molecular formula is C12H9BrClNOS. The van der Waals surface area contributed by atoms with E-state index in [0.29, 0.717) is 21.2 Å². The van der Waals surface area contributed by atoms with Crippen molar-refractivity contribution in [1.29, 1.82) is 0 Å². The summed E-state index contributed by atoms with van der Waals surface area (Å²) in [4.78, 5) is 14.0. The first-order valence-corrected chi connectivity index (χ1v) is 6.83. The topological polar surface area (TPSA) is 43.1 Å². The molecule has 0 aliphatic carbocycles. The highest BCUT2D eigenvalue weighted by atomic mass is 79.9. The molecule has 17 heavy (non-hydrogen) atoms. The Hall–Kier alpha value is -0.840. The molecule has 0 saturated carbocycles. The summed E-state index contributed by atoms with van der Waals surface area (Å²) in [5.74, 6) is -0.0937. The Morgan fingerprint density at radius 2 is 2.12 bits per heavy atom. The van der Waals surface area contributed by atoms with Crippen LogP contribution in [0.2, 0.25) is 5.02 Å². The van der Waals surface area contributed by atoms with Crippen LogP contribution in [0.25, 0.3) is 0 Å². The van der Waals surface area contributed by atoms with Gasteiger partial charge < -0.3 is 5.73 Å². The highest BCUT2D eigenvalue weighted by molar-refractivity contribution is 9.10. The molecule has 1 aromatic heterocycles. The maximum atomic E-state index is 12.2. The predicted molar refractivity (Wildman–Crippen MR) is 76.1 cm³/mol. The molecular weight excluding hydrogens is 322 g/mol. The number of carbonyl (C=O) groups is 1. The number of ketones is 1. The molecule has 1 aromatic carbocycles. The Balaban J connectivity index is 2.47. The number of aryl methyl sites for hydroxylation is 1. The summed E-state index contributed by atoms with van der Waals surface area (Å²) in [6.07, 6.45) is 0. The Morgan fingerprint density at radius 3 is 2.71 bits per heavy atom. The summed E-state index contributed by atoms with van der Waals surface area (Å²) >= 11 is 10.7. The van der Waals surface area contributed by atoms with Gasteiger partial charge in [-0.2, -0.15) is 0 Å². The summed E-state index contributed by atoms with van der Waals surface area (Å²) in [7, 11) is 0. The molecule has 0 bridgehead atoms. The molecule has 0 atom stereocenters. The third kappa shape index (κ3) is 2.54. The van der Waals surface area contributed by atoms with Gasteiger partial charge in [-0.1, -0.05) is 11.6 Å². The van der Waals surface area contributed by atoms with E-state index in [9.17, 15) is 4.79 Å². The lowest BCUT2D eigenvalue weighted by Crippen LogP contribution is -2.03. The standard InChI is InChI=1S/C12H9BrClNOS/c1-6-9(13)5-11(17-6)12(16)8-4-7(14)2-3-10(8)15/h2-5H,15H2,1H3. The van der Waals surface area contributed by atoms with Crippen molar-refractivity contribution in [2.24, 2.45) is 0 Å². The lowest BCUT2D eigenvalue weighted by Gasteiger charge is -2.03. The minimum absolute atomic E-state index is 0.0937. The largest absolute Gasteiger partial charge is 0.398 e. The number of benzene rings is 1. The van der Waals surface area contributed by atoms with Gasteiger partial charge in [0, 0.05) is 25.6 Å². The number of rotatable bonds is 2. The van der Waals surface area contributed by atoms with Crippen LogP contribution in [0, 0.1) is 6.92 Å². The number of hydrogen-bond acceptors (Lipinski definition) is 3. The van der Waals surface area contributed by atoms with Crippen LogP contribution in [-0.4, -0.2) is 5.78 Å². The molecule has 0 radical (unpaired) electrons. The number of anilines is 1. The number of halogens is 2. The highest BCUT2D eigenvalue weighted by Crippen LogP contribution is 2.30. The fraction of sp³-hybridized carbons (Fsp3) is 0.0833. The zero-order valence-electron chi connectivity index (χ0n) is 8.96. The zero-order chi connectivity index (χ0) is 12.6. The zero-order valence-corrected chi connectivity index (χ0v) is 12.1. The molecule has 2 rings (SSSR count). The minimum Gasteiger partial charge on any atom is -0.398 e. The summed E-state index contributed by atoms with van der Waals surface area (Å²) in [6, 6.07) is 6.72. The van der Waals surface area contributed by atoms with Gasteiger partial charge in [0.1, 0.15) is 0 Å². The van der Waals surface area contributed by atoms with Gasteiger partial charge in [0.15, 0.2) is 0 Å². The highest BCUT2D eigenvalue weighted by Gasteiger charge is 2.16. The van der Waals surface area contributed by atoms with Crippen LogP contribution in [0.5, 0.6) is 0 Å². The van der Waals surface area contributed by atoms with Crippen molar-refractivity contribution in [2.45, 2.75) is 6.92 Å². The summed E-state index contributed by atoms with van der Waals surface area (Å²) < 4.78 is 0.937. The first-order chi connectivity index (χ1) is 7.99. The van der Waals surface area contributed by atoms with Crippen LogP contribution in [0.15, 0.2) is 28.7 Å². The third-order valence-corrected chi connectivity index (χ3v) is 4.71. The summed E-state index contributed by atoms with van der Waals surface area (Å²) in [5, 5.41) is 0.509. The van der Waals surface area contributed by atoms with Gasteiger partial charge >= 0.3 is 0 Å².